The zero-order valence-electron chi connectivity index (χ0n) is 11.5. The molecule has 5 heteroatoms. The largest absolute Gasteiger partial charge is 0.396 e. The van der Waals surface area contributed by atoms with Gasteiger partial charge in [0.05, 0.1) is 42.4 Å². The Labute approximate surface area is 118 Å². The van der Waals surface area contributed by atoms with E-state index in [1.807, 2.05) is 24.3 Å². The van der Waals surface area contributed by atoms with Gasteiger partial charge in [-0.25, -0.2) is 0 Å². The Kier molecular flexibility index (Phi) is 3.46. The second-order valence-corrected chi connectivity index (χ2v) is 5.22. The van der Waals surface area contributed by atoms with E-state index >= 15 is 0 Å². The van der Waals surface area contributed by atoms with Crippen LogP contribution in [0.2, 0.25) is 0 Å². The molecule has 1 aliphatic heterocycles. The lowest BCUT2D eigenvalue weighted by Gasteiger charge is -2.40. The van der Waals surface area contributed by atoms with Gasteiger partial charge >= 0.3 is 0 Å². The van der Waals surface area contributed by atoms with Crippen LogP contribution in [-0.2, 0) is 4.74 Å². The Balaban J connectivity index is 2.10. The highest BCUT2D eigenvalue weighted by molar-refractivity contribution is 5.97. The minimum Gasteiger partial charge on any atom is -0.396 e. The molecule has 2 unspecified atom stereocenters. The summed E-state index contributed by atoms with van der Waals surface area (Å²) in [6.45, 7) is 3.34. The van der Waals surface area contributed by atoms with E-state index < -0.39 is 0 Å². The fourth-order valence-corrected chi connectivity index (χ4v) is 2.70. The minimum atomic E-state index is -0.169. The summed E-state index contributed by atoms with van der Waals surface area (Å²) in [6, 6.07) is 8.18. The van der Waals surface area contributed by atoms with Gasteiger partial charge in [-0.2, -0.15) is 0 Å². The molecule has 0 aliphatic carbocycles. The maximum Gasteiger partial charge on any atom is 0.0981 e. The number of morpholine rings is 1. The van der Waals surface area contributed by atoms with Crippen molar-refractivity contribution in [2.75, 3.05) is 30.4 Å². The third-order valence-corrected chi connectivity index (χ3v) is 3.77. The molecule has 106 valence electrons. The topological polar surface area (TPSA) is 71.6 Å². The van der Waals surface area contributed by atoms with Gasteiger partial charge in [-0.3, -0.25) is 4.98 Å². The number of hydrogen-bond acceptors (Lipinski definition) is 5. The average molecular weight is 273 g/mol. The number of aromatic nitrogens is 1. The van der Waals surface area contributed by atoms with Gasteiger partial charge in [0.15, 0.2) is 0 Å². The molecule has 3 rings (SSSR count). The highest BCUT2D eigenvalue weighted by Crippen LogP contribution is 2.34. The van der Waals surface area contributed by atoms with Gasteiger partial charge in [-0.15, -0.1) is 0 Å². The number of aliphatic hydroxyl groups is 1. The first-order valence-electron chi connectivity index (χ1n) is 6.83. The molecule has 1 aliphatic rings. The summed E-state index contributed by atoms with van der Waals surface area (Å²) in [6.07, 6.45) is 1.53. The average Bonchev–Trinajstić information content (AvgIpc) is 2.48. The van der Waals surface area contributed by atoms with Crippen LogP contribution in [0.1, 0.15) is 6.92 Å². The first kappa shape index (κ1) is 13.1. The van der Waals surface area contributed by atoms with Crippen molar-refractivity contribution in [1.29, 1.82) is 0 Å². The number of nitrogen functional groups attached to an aromatic ring is 1. The number of aliphatic hydroxyl groups excluding tert-OH is 1. The van der Waals surface area contributed by atoms with E-state index in [0.717, 1.165) is 16.6 Å². The third kappa shape index (κ3) is 2.19. The number of nitrogens with two attached hydrogens (primary N) is 1. The van der Waals surface area contributed by atoms with Crippen LogP contribution in [0.4, 0.5) is 11.4 Å². The second-order valence-electron chi connectivity index (χ2n) is 5.22. The van der Waals surface area contributed by atoms with Crippen molar-refractivity contribution in [2.45, 2.75) is 19.1 Å². The Morgan fingerprint density at radius 1 is 1.45 bits per heavy atom. The van der Waals surface area contributed by atoms with Gasteiger partial charge in [-0.1, -0.05) is 18.2 Å². The molecular weight excluding hydrogens is 254 g/mol. The molecule has 2 aromatic rings. The molecule has 5 nitrogen and oxygen atoms in total. The molecule has 0 radical (unpaired) electrons. The van der Waals surface area contributed by atoms with Crippen LogP contribution in [0.25, 0.3) is 10.9 Å². The lowest BCUT2D eigenvalue weighted by molar-refractivity contribution is -0.0102. The molecule has 1 saturated heterocycles. The van der Waals surface area contributed by atoms with Gasteiger partial charge in [0.25, 0.3) is 0 Å². The lowest BCUT2D eigenvalue weighted by atomic mass is 10.1. The van der Waals surface area contributed by atoms with Crippen LogP contribution in [0.3, 0.4) is 0 Å². The number of nitrogens with zero attached hydrogens (tertiary/aromatic N) is 2. The lowest BCUT2D eigenvalue weighted by Crippen LogP contribution is -2.49. The molecule has 2 atom stereocenters. The summed E-state index contributed by atoms with van der Waals surface area (Å²) in [7, 11) is 0. The Hall–Kier alpha value is -1.85. The predicted molar refractivity (Wildman–Crippen MR) is 79.8 cm³/mol. The van der Waals surface area contributed by atoms with Crippen molar-refractivity contribution in [3.8, 4) is 0 Å². The summed E-state index contributed by atoms with van der Waals surface area (Å²) in [5.41, 5.74) is 8.74. The van der Waals surface area contributed by atoms with Crippen LogP contribution >= 0.6 is 0 Å². The van der Waals surface area contributed by atoms with Crippen LogP contribution in [0.15, 0.2) is 30.5 Å². The van der Waals surface area contributed by atoms with E-state index in [2.05, 4.69) is 16.8 Å². The van der Waals surface area contributed by atoms with Crippen molar-refractivity contribution < 1.29 is 9.84 Å². The Bertz CT molecular complexity index is 617. The first-order chi connectivity index (χ1) is 9.70. The standard InChI is InChI=1S/C15H19N3O2/c1-10-9-20-11(8-19)7-18(10)15-12-4-2-3-5-14(12)17-6-13(15)16/h2-6,10-11,19H,7-9,16H2,1H3. The van der Waals surface area contributed by atoms with E-state index in [4.69, 9.17) is 10.5 Å². The highest BCUT2D eigenvalue weighted by atomic mass is 16.5. The number of rotatable bonds is 2. The molecule has 1 aromatic carbocycles. The second kappa shape index (κ2) is 5.26. The number of para-hydroxylation sites is 1. The summed E-state index contributed by atoms with van der Waals surface area (Å²) in [5, 5.41) is 10.4. The zero-order chi connectivity index (χ0) is 14.1. The number of benzene rings is 1. The quantitative estimate of drug-likeness (QED) is 0.865. The van der Waals surface area contributed by atoms with Crippen LogP contribution in [0, 0.1) is 0 Å². The summed E-state index contributed by atoms with van der Waals surface area (Å²) < 4.78 is 5.59. The smallest absolute Gasteiger partial charge is 0.0981 e. The number of anilines is 2. The predicted octanol–water partition coefficient (Wildman–Crippen LogP) is 1.40. The van der Waals surface area contributed by atoms with Gasteiger partial charge < -0.3 is 20.5 Å². The van der Waals surface area contributed by atoms with Crippen molar-refractivity contribution in [1.82, 2.24) is 4.98 Å². The van der Waals surface area contributed by atoms with E-state index in [-0.39, 0.29) is 18.8 Å². The Morgan fingerprint density at radius 3 is 3.05 bits per heavy atom. The van der Waals surface area contributed by atoms with Crippen LogP contribution < -0.4 is 10.6 Å². The molecule has 2 heterocycles. The Morgan fingerprint density at radius 2 is 2.25 bits per heavy atom. The van der Waals surface area contributed by atoms with E-state index in [1.165, 1.54) is 0 Å². The van der Waals surface area contributed by atoms with Crippen molar-refractivity contribution in [2.24, 2.45) is 0 Å². The number of ether oxygens (including phenoxy) is 1. The maximum absolute atomic E-state index is 9.33. The van der Waals surface area contributed by atoms with Crippen LogP contribution in [-0.4, -0.2) is 42.0 Å². The molecule has 0 spiro atoms. The molecule has 1 aromatic heterocycles. The van der Waals surface area contributed by atoms with Gasteiger partial charge in [0.1, 0.15) is 0 Å². The maximum atomic E-state index is 9.33. The zero-order valence-corrected chi connectivity index (χ0v) is 11.5. The normalized spacial score (nSPS) is 23.2. The van der Waals surface area contributed by atoms with Crippen molar-refractivity contribution >= 4 is 22.3 Å². The molecule has 3 N–H and O–H groups in total. The van der Waals surface area contributed by atoms with Crippen molar-refractivity contribution in [3.63, 3.8) is 0 Å². The monoisotopic (exact) mass is 273 g/mol. The van der Waals surface area contributed by atoms with Gasteiger partial charge in [0, 0.05) is 18.0 Å². The van der Waals surface area contributed by atoms with E-state index in [0.29, 0.717) is 18.8 Å². The molecule has 20 heavy (non-hydrogen) atoms. The number of pyridine rings is 1. The minimum absolute atomic E-state index is 0.0200. The van der Waals surface area contributed by atoms with E-state index in [1.54, 1.807) is 6.20 Å². The van der Waals surface area contributed by atoms with Crippen molar-refractivity contribution in [3.05, 3.63) is 30.5 Å². The summed E-state index contributed by atoms with van der Waals surface area (Å²) in [5.74, 6) is 0. The van der Waals surface area contributed by atoms with E-state index in [9.17, 15) is 5.11 Å². The highest BCUT2D eigenvalue weighted by Gasteiger charge is 2.28. The molecular formula is C15H19N3O2. The fraction of sp³-hybridized carbons (Fsp3) is 0.400. The third-order valence-electron chi connectivity index (χ3n) is 3.77. The molecule has 1 fully saturated rings. The molecule has 0 amide bonds. The number of hydrogen-bond donors (Lipinski definition) is 2. The fourth-order valence-electron chi connectivity index (χ4n) is 2.70. The molecule has 0 bridgehead atoms. The number of fused-ring (bicyclic) bond motifs is 1. The first-order valence-corrected chi connectivity index (χ1v) is 6.83. The summed E-state index contributed by atoms with van der Waals surface area (Å²) >= 11 is 0. The summed E-state index contributed by atoms with van der Waals surface area (Å²) in [4.78, 5) is 6.58. The SMILES string of the molecule is CC1COC(CO)CN1c1c(N)cnc2ccccc12. The van der Waals surface area contributed by atoms with Gasteiger partial charge in [0.2, 0.25) is 0 Å². The van der Waals surface area contributed by atoms with Gasteiger partial charge in [-0.05, 0) is 13.0 Å². The van der Waals surface area contributed by atoms with Crippen LogP contribution in [0.5, 0.6) is 0 Å². The molecule has 0 saturated carbocycles.